The van der Waals surface area contributed by atoms with E-state index in [1.54, 1.807) is 0 Å². The fourth-order valence-electron chi connectivity index (χ4n) is 5.07. The van der Waals surface area contributed by atoms with Gasteiger partial charge in [-0.05, 0) is 75.9 Å². The number of nitrogens with zero attached hydrogens (tertiary/aromatic N) is 1. The van der Waals surface area contributed by atoms with Gasteiger partial charge in [0.2, 0.25) is 0 Å². The van der Waals surface area contributed by atoms with Crippen LogP contribution in [0.15, 0.2) is 71.3 Å². The van der Waals surface area contributed by atoms with Crippen molar-refractivity contribution in [3.8, 4) is 11.3 Å². The Balaban J connectivity index is 1.58. The molecule has 3 aromatic heterocycles. The Morgan fingerprint density at radius 2 is 1.71 bits per heavy atom. The van der Waals surface area contributed by atoms with Crippen LogP contribution >= 0.6 is 11.3 Å². The summed E-state index contributed by atoms with van der Waals surface area (Å²) in [6, 6.07) is 22.1. The van der Waals surface area contributed by atoms with E-state index in [0.717, 1.165) is 39.6 Å². The van der Waals surface area contributed by atoms with E-state index in [0.29, 0.717) is 5.92 Å². The van der Waals surface area contributed by atoms with Gasteiger partial charge in [0.05, 0.1) is 0 Å². The molecule has 2 nitrogen and oxygen atoms in total. The predicted molar refractivity (Wildman–Crippen MR) is 147 cm³/mol. The van der Waals surface area contributed by atoms with E-state index in [1.807, 2.05) is 17.5 Å². The summed E-state index contributed by atoms with van der Waals surface area (Å²) in [5.74, 6) is 0.658. The lowest BCUT2D eigenvalue weighted by Gasteiger charge is -2.22. The van der Waals surface area contributed by atoms with Gasteiger partial charge in [0, 0.05) is 32.1 Å². The SMILES string of the molecule is CC(C)Cc1cc2cc3c(cc2s1)oc1c(-c2cc(C(C)(C)C)c4ccccc4c2)nccc13. The molecule has 0 fully saturated rings. The third kappa shape index (κ3) is 3.50. The second-order valence-corrected chi connectivity index (χ2v) is 12.0. The normalized spacial score (nSPS) is 12.6. The van der Waals surface area contributed by atoms with Crippen LogP contribution in [0.25, 0.3) is 54.1 Å². The summed E-state index contributed by atoms with van der Waals surface area (Å²) in [5, 5.41) is 6.13. The molecule has 0 aliphatic carbocycles. The van der Waals surface area contributed by atoms with Crippen molar-refractivity contribution >= 4 is 54.1 Å². The van der Waals surface area contributed by atoms with Crippen molar-refractivity contribution in [1.82, 2.24) is 4.98 Å². The zero-order valence-corrected chi connectivity index (χ0v) is 21.2. The molecule has 3 aromatic carbocycles. The van der Waals surface area contributed by atoms with Crippen LogP contribution in [-0.4, -0.2) is 4.98 Å². The highest BCUT2D eigenvalue weighted by atomic mass is 32.1. The van der Waals surface area contributed by atoms with Crippen molar-refractivity contribution in [3.63, 3.8) is 0 Å². The van der Waals surface area contributed by atoms with Gasteiger partial charge in [0.25, 0.3) is 0 Å². The van der Waals surface area contributed by atoms with Crippen LogP contribution in [-0.2, 0) is 11.8 Å². The molecule has 0 radical (unpaired) electrons. The molecule has 3 heterocycles. The summed E-state index contributed by atoms with van der Waals surface area (Å²) in [5.41, 5.74) is 5.17. The zero-order chi connectivity index (χ0) is 23.6. The summed E-state index contributed by atoms with van der Waals surface area (Å²) in [7, 11) is 0. The Kier molecular flexibility index (Phi) is 4.82. The largest absolute Gasteiger partial charge is 0.454 e. The van der Waals surface area contributed by atoms with Crippen LogP contribution in [0, 0.1) is 5.92 Å². The highest BCUT2D eigenvalue weighted by Crippen LogP contribution is 2.40. The predicted octanol–water partition coefficient (Wildman–Crippen LogP) is 9.51. The Hall–Kier alpha value is -3.17. The summed E-state index contributed by atoms with van der Waals surface area (Å²) in [6.07, 6.45) is 3.04. The molecule has 0 aliphatic heterocycles. The molecule has 0 spiro atoms. The first-order valence-electron chi connectivity index (χ1n) is 12.1. The van der Waals surface area contributed by atoms with E-state index in [1.165, 1.54) is 31.3 Å². The van der Waals surface area contributed by atoms with Crippen molar-refractivity contribution in [2.45, 2.75) is 46.5 Å². The molecule has 170 valence electrons. The number of rotatable bonds is 3. The van der Waals surface area contributed by atoms with Crippen LogP contribution in [0.4, 0.5) is 0 Å². The minimum absolute atomic E-state index is 0.0233. The van der Waals surface area contributed by atoms with Gasteiger partial charge in [0.15, 0.2) is 5.58 Å². The van der Waals surface area contributed by atoms with E-state index in [9.17, 15) is 0 Å². The Morgan fingerprint density at radius 3 is 2.50 bits per heavy atom. The minimum Gasteiger partial charge on any atom is -0.454 e. The van der Waals surface area contributed by atoms with E-state index in [-0.39, 0.29) is 5.41 Å². The lowest BCUT2D eigenvalue weighted by molar-refractivity contribution is 0.596. The van der Waals surface area contributed by atoms with Crippen LogP contribution in [0.1, 0.15) is 45.1 Å². The molecule has 0 unspecified atom stereocenters. The van der Waals surface area contributed by atoms with Gasteiger partial charge in [-0.1, -0.05) is 58.9 Å². The molecule has 6 aromatic rings. The highest BCUT2D eigenvalue weighted by molar-refractivity contribution is 7.19. The number of hydrogen-bond acceptors (Lipinski definition) is 3. The lowest BCUT2D eigenvalue weighted by atomic mass is 9.82. The van der Waals surface area contributed by atoms with E-state index < -0.39 is 0 Å². The van der Waals surface area contributed by atoms with Gasteiger partial charge in [-0.2, -0.15) is 0 Å². The molecule has 3 heteroatoms. The summed E-state index contributed by atoms with van der Waals surface area (Å²) in [6.45, 7) is 11.4. The molecule has 0 saturated heterocycles. The van der Waals surface area contributed by atoms with Crippen molar-refractivity contribution in [3.05, 3.63) is 77.3 Å². The van der Waals surface area contributed by atoms with Gasteiger partial charge < -0.3 is 4.42 Å². The first kappa shape index (κ1) is 21.4. The number of pyridine rings is 1. The number of hydrogen-bond donors (Lipinski definition) is 0. The standard InChI is InChI=1S/C31H29NOS/c1-18(2)12-22-14-20-15-25-24-10-11-32-29(30(24)33-27(25)17-28(20)34-22)21-13-19-8-6-7-9-23(19)26(16-21)31(3,4)5/h6-11,13-18H,12H2,1-5H3. The molecule has 6 rings (SSSR count). The molecule has 0 bridgehead atoms. The van der Waals surface area contributed by atoms with Gasteiger partial charge >= 0.3 is 0 Å². The maximum atomic E-state index is 6.52. The minimum atomic E-state index is 0.0233. The number of fused-ring (bicyclic) bond motifs is 5. The van der Waals surface area contributed by atoms with E-state index >= 15 is 0 Å². The zero-order valence-electron chi connectivity index (χ0n) is 20.4. The average Bonchev–Trinajstić information content (AvgIpc) is 3.34. The molecule has 0 N–H and O–H groups in total. The number of aromatic nitrogens is 1. The average molecular weight is 464 g/mol. The van der Waals surface area contributed by atoms with Gasteiger partial charge in [-0.3, -0.25) is 4.98 Å². The Labute approximate surface area is 204 Å². The van der Waals surface area contributed by atoms with Crippen molar-refractivity contribution < 1.29 is 4.42 Å². The van der Waals surface area contributed by atoms with Crippen molar-refractivity contribution in [1.29, 1.82) is 0 Å². The summed E-state index contributed by atoms with van der Waals surface area (Å²) >= 11 is 1.88. The molecule has 0 amide bonds. The quantitative estimate of drug-likeness (QED) is 0.261. The second-order valence-electron chi connectivity index (χ2n) is 10.8. The number of benzene rings is 3. The smallest absolute Gasteiger partial charge is 0.161 e. The number of furan rings is 1. The van der Waals surface area contributed by atoms with Gasteiger partial charge in [-0.25, -0.2) is 0 Å². The lowest BCUT2D eigenvalue weighted by Crippen LogP contribution is -2.12. The van der Waals surface area contributed by atoms with E-state index in [4.69, 9.17) is 9.40 Å². The third-order valence-corrected chi connectivity index (χ3v) is 7.75. The monoisotopic (exact) mass is 463 g/mol. The summed E-state index contributed by atoms with van der Waals surface area (Å²) in [4.78, 5) is 6.26. The summed E-state index contributed by atoms with van der Waals surface area (Å²) < 4.78 is 7.81. The highest BCUT2D eigenvalue weighted by Gasteiger charge is 2.21. The molecule has 0 aliphatic rings. The van der Waals surface area contributed by atoms with Crippen LogP contribution in [0.2, 0.25) is 0 Å². The fraction of sp³-hybridized carbons (Fsp3) is 0.258. The topological polar surface area (TPSA) is 26.0 Å². The molecule has 0 saturated carbocycles. The maximum absolute atomic E-state index is 6.52. The Bertz CT molecular complexity index is 1690. The van der Waals surface area contributed by atoms with Crippen LogP contribution < -0.4 is 0 Å². The second kappa shape index (κ2) is 7.68. The van der Waals surface area contributed by atoms with Crippen molar-refractivity contribution in [2.24, 2.45) is 5.92 Å². The van der Waals surface area contributed by atoms with Crippen molar-refractivity contribution in [2.75, 3.05) is 0 Å². The molecule has 34 heavy (non-hydrogen) atoms. The molecular weight excluding hydrogens is 434 g/mol. The van der Waals surface area contributed by atoms with Gasteiger partial charge in [0.1, 0.15) is 11.3 Å². The van der Waals surface area contributed by atoms with E-state index in [2.05, 4.69) is 95.3 Å². The van der Waals surface area contributed by atoms with Gasteiger partial charge in [-0.15, -0.1) is 11.3 Å². The van der Waals surface area contributed by atoms with Crippen LogP contribution in [0.3, 0.4) is 0 Å². The third-order valence-electron chi connectivity index (χ3n) is 6.63. The fourth-order valence-corrected chi connectivity index (χ4v) is 6.35. The number of thiophene rings is 1. The molecule has 0 atom stereocenters. The first-order chi connectivity index (χ1) is 16.3. The first-order valence-corrected chi connectivity index (χ1v) is 12.9. The molecular formula is C31H29NOS. The van der Waals surface area contributed by atoms with Crippen LogP contribution in [0.5, 0.6) is 0 Å². The Morgan fingerprint density at radius 1 is 0.882 bits per heavy atom. The maximum Gasteiger partial charge on any atom is 0.161 e.